The molecule has 2 atom stereocenters. The van der Waals surface area contributed by atoms with Gasteiger partial charge in [0.25, 0.3) is 0 Å². The first-order valence-electron chi connectivity index (χ1n) is 5.81. The van der Waals surface area contributed by atoms with E-state index in [1.165, 1.54) is 6.42 Å². The van der Waals surface area contributed by atoms with Gasteiger partial charge in [0.15, 0.2) is 0 Å². The highest BCUT2D eigenvalue weighted by atomic mass is 15.1. The van der Waals surface area contributed by atoms with E-state index in [9.17, 15) is 0 Å². The Bertz CT molecular complexity index is 365. The Balaban J connectivity index is 1.96. The summed E-state index contributed by atoms with van der Waals surface area (Å²) < 4.78 is 0. The van der Waals surface area contributed by atoms with Crippen molar-refractivity contribution in [3.05, 3.63) is 6.07 Å². The topological polar surface area (TPSA) is 75.9 Å². The maximum Gasteiger partial charge on any atom is 0.223 e. The molecule has 1 aliphatic rings. The van der Waals surface area contributed by atoms with Crippen molar-refractivity contribution < 1.29 is 0 Å². The number of nitrogen functional groups attached to an aromatic ring is 1. The van der Waals surface area contributed by atoms with Crippen LogP contribution in [-0.2, 0) is 0 Å². The molecule has 88 valence electrons. The van der Waals surface area contributed by atoms with E-state index in [-0.39, 0.29) is 0 Å². The molecule has 0 saturated heterocycles. The van der Waals surface area contributed by atoms with Crippen molar-refractivity contribution in [1.29, 1.82) is 0 Å². The lowest BCUT2D eigenvalue weighted by molar-refractivity contribution is 0.784. The molecule has 4 N–H and O–H groups in total. The summed E-state index contributed by atoms with van der Waals surface area (Å²) in [6, 6.07) is 1.90. The zero-order chi connectivity index (χ0) is 11.5. The van der Waals surface area contributed by atoms with E-state index in [1.807, 2.05) is 13.0 Å². The Labute approximate surface area is 95.9 Å². The van der Waals surface area contributed by atoms with Crippen LogP contribution in [0.25, 0.3) is 0 Å². The van der Waals surface area contributed by atoms with Crippen LogP contribution in [0.4, 0.5) is 17.6 Å². The summed E-state index contributed by atoms with van der Waals surface area (Å²) in [7, 11) is 0. The van der Waals surface area contributed by atoms with Crippen molar-refractivity contribution in [1.82, 2.24) is 9.97 Å². The highest BCUT2D eigenvalue weighted by Crippen LogP contribution is 2.37. The molecule has 2 unspecified atom stereocenters. The molecule has 1 heterocycles. The normalized spacial score (nSPS) is 22.9. The average molecular weight is 221 g/mol. The van der Waals surface area contributed by atoms with Gasteiger partial charge in [-0.25, -0.2) is 0 Å². The molecule has 5 nitrogen and oxygen atoms in total. The molecule has 1 saturated carbocycles. The monoisotopic (exact) mass is 221 g/mol. The zero-order valence-corrected chi connectivity index (χ0v) is 9.83. The van der Waals surface area contributed by atoms with Crippen molar-refractivity contribution in [2.45, 2.75) is 20.3 Å². The van der Waals surface area contributed by atoms with E-state index in [4.69, 9.17) is 5.73 Å². The van der Waals surface area contributed by atoms with Gasteiger partial charge >= 0.3 is 0 Å². The fourth-order valence-electron chi connectivity index (χ4n) is 1.75. The van der Waals surface area contributed by atoms with Gasteiger partial charge < -0.3 is 16.4 Å². The molecule has 1 aromatic rings. The number of nitrogens with zero attached hydrogens (tertiary/aromatic N) is 2. The summed E-state index contributed by atoms with van der Waals surface area (Å²) in [5.41, 5.74) is 5.64. The van der Waals surface area contributed by atoms with Crippen LogP contribution in [0.2, 0.25) is 0 Å². The Morgan fingerprint density at radius 1 is 1.38 bits per heavy atom. The lowest BCUT2D eigenvalue weighted by Crippen LogP contribution is -2.10. The summed E-state index contributed by atoms with van der Waals surface area (Å²) >= 11 is 0. The number of nitrogens with two attached hydrogens (primary N) is 1. The number of hydrogen-bond acceptors (Lipinski definition) is 5. The van der Waals surface area contributed by atoms with E-state index < -0.39 is 0 Å². The fraction of sp³-hybridized carbons (Fsp3) is 0.636. The first-order chi connectivity index (χ1) is 7.69. The van der Waals surface area contributed by atoms with Crippen LogP contribution in [0.3, 0.4) is 0 Å². The molecule has 1 aromatic heterocycles. The molecule has 0 radical (unpaired) electrons. The van der Waals surface area contributed by atoms with Crippen LogP contribution in [0, 0.1) is 11.8 Å². The Morgan fingerprint density at radius 3 is 2.56 bits per heavy atom. The highest BCUT2D eigenvalue weighted by molar-refractivity contribution is 5.51. The van der Waals surface area contributed by atoms with Crippen molar-refractivity contribution in [3.8, 4) is 0 Å². The van der Waals surface area contributed by atoms with Crippen LogP contribution in [0.1, 0.15) is 20.3 Å². The second-order valence-electron chi connectivity index (χ2n) is 4.38. The molecule has 0 aromatic carbocycles. The molecular formula is C11H19N5. The minimum Gasteiger partial charge on any atom is -0.370 e. The van der Waals surface area contributed by atoms with Gasteiger partial charge in [0.1, 0.15) is 11.6 Å². The zero-order valence-electron chi connectivity index (χ0n) is 9.83. The van der Waals surface area contributed by atoms with Gasteiger partial charge in [0.2, 0.25) is 5.95 Å². The number of anilines is 3. The summed E-state index contributed by atoms with van der Waals surface area (Å²) in [5.74, 6) is 3.53. The minimum atomic E-state index is 0.310. The van der Waals surface area contributed by atoms with Crippen molar-refractivity contribution in [3.63, 3.8) is 0 Å². The highest BCUT2D eigenvalue weighted by Gasteiger charge is 2.31. The molecule has 2 rings (SSSR count). The number of aromatic nitrogens is 2. The SMILES string of the molecule is CCNc1cc(NCC2CC2C)nc(N)n1. The Morgan fingerprint density at radius 2 is 2.00 bits per heavy atom. The van der Waals surface area contributed by atoms with Gasteiger partial charge in [-0.2, -0.15) is 9.97 Å². The third-order valence-electron chi connectivity index (χ3n) is 2.92. The Hall–Kier alpha value is -1.52. The summed E-state index contributed by atoms with van der Waals surface area (Å²) in [4.78, 5) is 8.25. The quantitative estimate of drug-likeness (QED) is 0.703. The van der Waals surface area contributed by atoms with Crippen LogP contribution in [0.5, 0.6) is 0 Å². The van der Waals surface area contributed by atoms with Crippen molar-refractivity contribution >= 4 is 17.6 Å². The molecule has 0 amide bonds. The van der Waals surface area contributed by atoms with E-state index in [1.54, 1.807) is 0 Å². The number of rotatable bonds is 5. The minimum absolute atomic E-state index is 0.310. The summed E-state index contributed by atoms with van der Waals surface area (Å²) in [6.07, 6.45) is 1.31. The van der Waals surface area contributed by atoms with Crippen LogP contribution >= 0.6 is 0 Å². The maximum atomic E-state index is 5.64. The number of hydrogen-bond donors (Lipinski definition) is 3. The Kier molecular flexibility index (Phi) is 3.12. The fourth-order valence-corrected chi connectivity index (χ4v) is 1.75. The first kappa shape index (κ1) is 11.0. The third-order valence-corrected chi connectivity index (χ3v) is 2.92. The standard InChI is InChI=1S/C11H19N5/c1-3-13-9-5-10(16-11(12)15-9)14-6-8-4-7(8)2/h5,7-8H,3-4,6H2,1-2H3,(H4,12,13,14,15,16). The molecule has 0 bridgehead atoms. The van der Waals surface area contributed by atoms with E-state index in [0.29, 0.717) is 5.95 Å². The lowest BCUT2D eigenvalue weighted by Gasteiger charge is -2.08. The van der Waals surface area contributed by atoms with E-state index in [0.717, 1.165) is 36.6 Å². The molecule has 0 aliphatic heterocycles. The first-order valence-corrected chi connectivity index (χ1v) is 5.81. The van der Waals surface area contributed by atoms with Gasteiger partial charge in [-0.3, -0.25) is 0 Å². The van der Waals surface area contributed by atoms with Crippen molar-refractivity contribution in [2.24, 2.45) is 11.8 Å². The molecule has 0 spiro atoms. The van der Waals surface area contributed by atoms with Gasteiger partial charge in [0.05, 0.1) is 0 Å². The smallest absolute Gasteiger partial charge is 0.223 e. The lowest BCUT2D eigenvalue weighted by atomic mass is 10.3. The molecule has 16 heavy (non-hydrogen) atoms. The molecule has 5 heteroatoms. The van der Waals surface area contributed by atoms with E-state index >= 15 is 0 Å². The summed E-state index contributed by atoms with van der Waals surface area (Å²) in [5, 5.41) is 6.44. The second-order valence-corrected chi connectivity index (χ2v) is 4.38. The molecule has 1 fully saturated rings. The van der Waals surface area contributed by atoms with Gasteiger partial charge in [-0.1, -0.05) is 6.92 Å². The van der Waals surface area contributed by atoms with Crippen LogP contribution in [-0.4, -0.2) is 23.1 Å². The van der Waals surface area contributed by atoms with E-state index in [2.05, 4.69) is 27.5 Å². The predicted molar refractivity (Wildman–Crippen MR) is 66.4 cm³/mol. The third kappa shape index (κ3) is 2.74. The molecular weight excluding hydrogens is 202 g/mol. The average Bonchev–Trinajstić information content (AvgIpc) is 2.91. The second kappa shape index (κ2) is 4.55. The largest absolute Gasteiger partial charge is 0.370 e. The van der Waals surface area contributed by atoms with Gasteiger partial charge in [0, 0.05) is 19.2 Å². The van der Waals surface area contributed by atoms with Crippen LogP contribution < -0.4 is 16.4 Å². The van der Waals surface area contributed by atoms with Crippen LogP contribution in [0.15, 0.2) is 6.07 Å². The predicted octanol–water partition coefficient (Wildman–Crippen LogP) is 1.56. The molecule has 1 aliphatic carbocycles. The number of nitrogens with one attached hydrogen (secondary N) is 2. The van der Waals surface area contributed by atoms with Gasteiger partial charge in [-0.05, 0) is 25.2 Å². The maximum absolute atomic E-state index is 5.64. The summed E-state index contributed by atoms with van der Waals surface area (Å²) in [6.45, 7) is 6.10. The van der Waals surface area contributed by atoms with Gasteiger partial charge in [-0.15, -0.1) is 0 Å². The van der Waals surface area contributed by atoms with Crippen molar-refractivity contribution in [2.75, 3.05) is 29.5 Å².